The summed E-state index contributed by atoms with van der Waals surface area (Å²) in [4.78, 5) is 11.2. The normalized spacial score (nSPS) is 15.1. The maximum Gasteiger partial charge on any atom is 0.241 e. The van der Waals surface area contributed by atoms with Crippen molar-refractivity contribution in [2.45, 2.75) is 12.8 Å². The SMILES string of the molecule is O=C(NNc1ccccc1)C1CC1. The molecule has 13 heavy (non-hydrogen) atoms. The number of carbonyl (C=O) groups excluding carboxylic acids is 1. The van der Waals surface area contributed by atoms with E-state index in [2.05, 4.69) is 10.9 Å². The summed E-state index contributed by atoms with van der Waals surface area (Å²) in [5.41, 5.74) is 6.45. The zero-order valence-electron chi connectivity index (χ0n) is 7.29. The second-order valence-electron chi connectivity index (χ2n) is 3.25. The number of rotatable bonds is 3. The fourth-order valence-corrected chi connectivity index (χ4v) is 1.10. The molecule has 1 aliphatic rings. The minimum atomic E-state index is 0.101. The van der Waals surface area contributed by atoms with Crippen molar-refractivity contribution in [3.63, 3.8) is 0 Å². The van der Waals surface area contributed by atoms with Gasteiger partial charge in [0, 0.05) is 5.92 Å². The summed E-state index contributed by atoms with van der Waals surface area (Å²) in [6, 6.07) is 9.60. The molecule has 0 bridgehead atoms. The van der Waals surface area contributed by atoms with E-state index in [1.54, 1.807) is 0 Å². The third kappa shape index (κ3) is 2.21. The Bertz CT molecular complexity index is 293. The molecule has 1 amide bonds. The van der Waals surface area contributed by atoms with Crippen LogP contribution in [-0.2, 0) is 4.79 Å². The smallest absolute Gasteiger partial charge is 0.241 e. The van der Waals surface area contributed by atoms with Crippen LogP contribution in [-0.4, -0.2) is 5.91 Å². The van der Waals surface area contributed by atoms with Gasteiger partial charge < -0.3 is 0 Å². The Morgan fingerprint density at radius 1 is 1.23 bits per heavy atom. The Morgan fingerprint density at radius 3 is 2.54 bits per heavy atom. The fraction of sp³-hybridized carbons (Fsp3) is 0.300. The zero-order chi connectivity index (χ0) is 9.10. The van der Waals surface area contributed by atoms with E-state index in [4.69, 9.17) is 0 Å². The Kier molecular flexibility index (Phi) is 2.17. The maximum atomic E-state index is 11.2. The number of benzene rings is 1. The first-order valence-electron chi connectivity index (χ1n) is 4.47. The van der Waals surface area contributed by atoms with E-state index in [9.17, 15) is 4.79 Å². The van der Waals surface area contributed by atoms with Crippen LogP contribution in [0.15, 0.2) is 30.3 Å². The van der Waals surface area contributed by atoms with Gasteiger partial charge in [0.2, 0.25) is 5.91 Å². The lowest BCUT2D eigenvalue weighted by Crippen LogP contribution is -2.30. The molecule has 0 saturated heterocycles. The topological polar surface area (TPSA) is 41.1 Å². The van der Waals surface area contributed by atoms with Crippen LogP contribution in [0.3, 0.4) is 0 Å². The fourth-order valence-electron chi connectivity index (χ4n) is 1.10. The monoisotopic (exact) mass is 176 g/mol. The van der Waals surface area contributed by atoms with E-state index in [1.165, 1.54) is 0 Å². The van der Waals surface area contributed by atoms with E-state index >= 15 is 0 Å². The molecule has 1 aromatic carbocycles. The summed E-state index contributed by atoms with van der Waals surface area (Å²) < 4.78 is 0. The Hall–Kier alpha value is -1.51. The predicted molar refractivity (Wildman–Crippen MR) is 50.9 cm³/mol. The van der Waals surface area contributed by atoms with E-state index in [1.807, 2.05) is 30.3 Å². The highest BCUT2D eigenvalue weighted by Gasteiger charge is 2.29. The van der Waals surface area contributed by atoms with Gasteiger partial charge in [0.05, 0.1) is 5.69 Å². The first kappa shape index (κ1) is 8.10. The molecule has 0 atom stereocenters. The van der Waals surface area contributed by atoms with Crippen LogP contribution in [0, 0.1) is 5.92 Å². The first-order chi connectivity index (χ1) is 6.36. The molecule has 3 nitrogen and oxygen atoms in total. The van der Waals surface area contributed by atoms with Gasteiger partial charge in [0.25, 0.3) is 0 Å². The molecule has 1 fully saturated rings. The van der Waals surface area contributed by atoms with Crippen LogP contribution in [0.5, 0.6) is 0 Å². The van der Waals surface area contributed by atoms with Crippen LogP contribution >= 0.6 is 0 Å². The summed E-state index contributed by atoms with van der Waals surface area (Å²) in [5, 5.41) is 0. The van der Waals surface area contributed by atoms with Crippen LogP contribution in [0.2, 0.25) is 0 Å². The molecule has 1 aromatic rings. The lowest BCUT2D eigenvalue weighted by atomic mass is 10.3. The third-order valence-corrected chi connectivity index (χ3v) is 2.05. The van der Waals surface area contributed by atoms with Crippen molar-refractivity contribution in [1.82, 2.24) is 5.43 Å². The predicted octanol–water partition coefficient (Wildman–Crippen LogP) is 1.54. The average molecular weight is 176 g/mol. The van der Waals surface area contributed by atoms with Crippen LogP contribution < -0.4 is 10.9 Å². The number of carbonyl (C=O) groups is 1. The molecule has 0 radical (unpaired) electrons. The minimum Gasteiger partial charge on any atom is -0.299 e. The number of nitrogens with one attached hydrogen (secondary N) is 2. The summed E-state index contributed by atoms with van der Waals surface area (Å²) in [7, 11) is 0. The molecule has 1 aliphatic carbocycles. The van der Waals surface area contributed by atoms with Gasteiger partial charge in [-0.15, -0.1) is 0 Å². The molecule has 1 saturated carbocycles. The number of amides is 1. The number of anilines is 1. The largest absolute Gasteiger partial charge is 0.299 e. The number of hydrazine groups is 1. The average Bonchev–Trinajstić information content (AvgIpc) is 2.99. The molecule has 0 aliphatic heterocycles. The quantitative estimate of drug-likeness (QED) is 0.686. The molecule has 0 unspecified atom stereocenters. The van der Waals surface area contributed by atoms with Gasteiger partial charge in [0.1, 0.15) is 0 Å². The third-order valence-electron chi connectivity index (χ3n) is 2.05. The van der Waals surface area contributed by atoms with Crippen molar-refractivity contribution < 1.29 is 4.79 Å². The summed E-state index contributed by atoms with van der Waals surface area (Å²) >= 11 is 0. The van der Waals surface area contributed by atoms with Crippen molar-refractivity contribution in [3.05, 3.63) is 30.3 Å². The van der Waals surface area contributed by atoms with Crippen LogP contribution in [0.1, 0.15) is 12.8 Å². The Labute approximate surface area is 77.1 Å². The molecule has 0 aromatic heterocycles. The summed E-state index contributed by atoms with van der Waals surface area (Å²) in [5.74, 6) is 0.347. The molecule has 3 heteroatoms. The van der Waals surface area contributed by atoms with Crippen molar-refractivity contribution in [2.75, 3.05) is 5.43 Å². The van der Waals surface area contributed by atoms with Gasteiger partial charge in [-0.25, -0.2) is 0 Å². The second-order valence-corrected chi connectivity index (χ2v) is 3.25. The number of hydrogen-bond donors (Lipinski definition) is 2. The van der Waals surface area contributed by atoms with Crippen molar-refractivity contribution in [2.24, 2.45) is 5.92 Å². The van der Waals surface area contributed by atoms with Crippen LogP contribution in [0.25, 0.3) is 0 Å². The van der Waals surface area contributed by atoms with Gasteiger partial charge in [-0.3, -0.25) is 15.6 Å². The van der Waals surface area contributed by atoms with E-state index in [-0.39, 0.29) is 11.8 Å². The number of hydrogen-bond acceptors (Lipinski definition) is 2. The molecule has 68 valence electrons. The second kappa shape index (κ2) is 3.47. The van der Waals surface area contributed by atoms with Crippen molar-refractivity contribution in [3.8, 4) is 0 Å². The van der Waals surface area contributed by atoms with Gasteiger partial charge in [-0.2, -0.15) is 0 Å². The highest BCUT2D eigenvalue weighted by Crippen LogP contribution is 2.28. The molecular formula is C10H12N2O. The highest BCUT2D eigenvalue weighted by atomic mass is 16.2. The van der Waals surface area contributed by atoms with E-state index in [0.29, 0.717) is 0 Å². The van der Waals surface area contributed by atoms with Crippen molar-refractivity contribution in [1.29, 1.82) is 0 Å². The maximum absolute atomic E-state index is 11.2. The highest BCUT2D eigenvalue weighted by molar-refractivity contribution is 5.81. The van der Waals surface area contributed by atoms with Gasteiger partial charge in [-0.1, -0.05) is 18.2 Å². The Balaban J connectivity index is 1.82. The standard InChI is InChI=1S/C10H12N2O/c13-10(8-6-7-8)12-11-9-4-2-1-3-5-9/h1-5,8,11H,6-7H2,(H,12,13). The zero-order valence-corrected chi connectivity index (χ0v) is 7.29. The molecule has 2 N–H and O–H groups in total. The van der Waals surface area contributed by atoms with E-state index in [0.717, 1.165) is 18.5 Å². The van der Waals surface area contributed by atoms with Crippen molar-refractivity contribution >= 4 is 11.6 Å². The summed E-state index contributed by atoms with van der Waals surface area (Å²) in [6.45, 7) is 0. The van der Waals surface area contributed by atoms with Gasteiger partial charge >= 0.3 is 0 Å². The molecular weight excluding hydrogens is 164 g/mol. The first-order valence-corrected chi connectivity index (χ1v) is 4.47. The number of para-hydroxylation sites is 1. The van der Waals surface area contributed by atoms with Gasteiger partial charge in [0.15, 0.2) is 0 Å². The Morgan fingerprint density at radius 2 is 1.92 bits per heavy atom. The van der Waals surface area contributed by atoms with Gasteiger partial charge in [-0.05, 0) is 25.0 Å². The minimum absolute atomic E-state index is 0.101. The summed E-state index contributed by atoms with van der Waals surface area (Å²) in [6.07, 6.45) is 2.06. The van der Waals surface area contributed by atoms with E-state index < -0.39 is 0 Å². The lowest BCUT2D eigenvalue weighted by Gasteiger charge is -2.06. The molecule has 0 heterocycles. The van der Waals surface area contributed by atoms with Crippen LogP contribution in [0.4, 0.5) is 5.69 Å². The lowest BCUT2D eigenvalue weighted by molar-refractivity contribution is -0.121. The molecule has 2 rings (SSSR count). The molecule has 0 spiro atoms.